The van der Waals surface area contributed by atoms with Gasteiger partial charge in [-0.05, 0) is 101 Å². The van der Waals surface area contributed by atoms with Crippen LogP contribution in [0.15, 0.2) is 11.1 Å². The van der Waals surface area contributed by atoms with Gasteiger partial charge in [0.15, 0.2) is 0 Å². The lowest BCUT2D eigenvalue weighted by molar-refractivity contribution is 0.00249. The van der Waals surface area contributed by atoms with Crippen LogP contribution in [0.3, 0.4) is 0 Å². The largest absolute Gasteiger partial charge is 0.387 e. The topological polar surface area (TPSA) is 65.5 Å². The summed E-state index contributed by atoms with van der Waals surface area (Å²) in [6.07, 6.45) is 0. The van der Waals surface area contributed by atoms with Crippen LogP contribution in [0.25, 0.3) is 0 Å². The molecule has 0 saturated carbocycles. The highest BCUT2D eigenvalue weighted by molar-refractivity contribution is 5.17. The van der Waals surface area contributed by atoms with Gasteiger partial charge in [0, 0.05) is 0 Å². The third kappa shape index (κ3) is 6.29. The molecule has 0 aromatic rings. The first-order chi connectivity index (χ1) is 12.3. The Balaban J connectivity index is 0.000000407. The van der Waals surface area contributed by atoms with E-state index in [9.17, 15) is 10.2 Å². The lowest BCUT2D eigenvalue weighted by Gasteiger charge is -2.25. The van der Waals surface area contributed by atoms with Crippen molar-refractivity contribution in [2.75, 3.05) is 0 Å². The predicted octanol–water partition coefficient (Wildman–Crippen LogP) is 6.04. The molecule has 0 aliphatic carbocycles. The summed E-state index contributed by atoms with van der Waals surface area (Å²) in [6, 6.07) is 0. The van der Waals surface area contributed by atoms with E-state index >= 15 is 0 Å². The van der Waals surface area contributed by atoms with Crippen molar-refractivity contribution in [1.29, 1.82) is 0 Å². The lowest BCUT2D eigenvalue weighted by atomic mass is 9.75. The lowest BCUT2D eigenvalue weighted by Crippen LogP contribution is -2.41. The van der Waals surface area contributed by atoms with Crippen molar-refractivity contribution >= 4 is 0 Å². The Morgan fingerprint density at radius 2 is 0.897 bits per heavy atom. The molecule has 2 fully saturated rings. The summed E-state index contributed by atoms with van der Waals surface area (Å²) < 4.78 is 11.1. The Kier molecular flexibility index (Phi) is 7.81. The second-order valence-electron chi connectivity index (χ2n) is 12.3. The summed E-state index contributed by atoms with van der Waals surface area (Å²) in [4.78, 5) is 0. The standard InChI is InChI=1S/C9H18O.C8H16O2.C8H16O/c1-7(2,3)9(6)8(4,5)10-9;1-6(2,9)8(5)7(3,4)10-8;1-6(2)7(3)8(4,5)9/h1-6H3;9H,1-5H3;9H,1-5H3/t9-;8-;/m11./s1. The highest BCUT2D eigenvalue weighted by atomic mass is 16.6. The highest BCUT2D eigenvalue weighted by Gasteiger charge is 2.67. The summed E-state index contributed by atoms with van der Waals surface area (Å²) in [7, 11) is 0. The number of epoxide rings is 2. The maximum atomic E-state index is 9.63. The molecule has 2 heterocycles. The van der Waals surface area contributed by atoms with E-state index in [0.29, 0.717) is 0 Å². The van der Waals surface area contributed by atoms with Crippen LogP contribution in [0.5, 0.6) is 0 Å². The van der Waals surface area contributed by atoms with Crippen LogP contribution >= 0.6 is 0 Å². The molecule has 4 nitrogen and oxygen atoms in total. The fourth-order valence-corrected chi connectivity index (χ4v) is 3.50. The minimum atomic E-state index is -0.740. The average Bonchev–Trinajstić information content (AvgIpc) is 3.17. The molecule has 0 unspecified atom stereocenters. The predicted molar refractivity (Wildman–Crippen MR) is 123 cm³/mol. The van der Waals surface area contributed by atoms with Gasteiger partial charge in [0.25, 0.3) is 0 Å². The molecule has 0 aromatic carbocycles. The number of aliphatic hydroxyl groups is 2. The van der Waals surface area contributed by atoms with E-state index in [-0.39, 0.29) is 27.8 Å². The monoisotopic (exact) mass is 414 g/mol. The van der Waals surface area contributed by atoms with Gasteiger partial charge in [-0.1, -0.05) is 26.3 Å². The molecule has 0 bridgehead atoms. The van der Waals surface area contributed by atoms with Gasteiger partial charge in [0.05, 0.1) is 28.0 Å². The Bertz CT molecular complexity index is 566. The summed E-state index contributed by atoms with van der Waals surface area (Å²) in [6.45, 7) is 32.2. The number of ether oxygens (including phenoxy) is 2. The van der Waals surface area contributed by atoms with Crippen molar-refractivity contribution in [2.45, 2.75) is 144 Å². The van der Waals surface area contributed by atoms with E-state index in [4.69, 9.17) is 9.47 Å². The summed E-state index contributed by atoms with van der Waals surface area (Å²) in [5, 5.41) is 19.0. The van der Waals surface area contributed by atoms with Crippen molar-refractivity contribution in [3.8, 4) is 0 Å². The van der Waals surface area contributed by atoms with Crippen molar-refractivity contribution in [2.24, 2.45) is 5.41 Å². The zero-order valence-electron chi connectivity index (χ0n) is 22.2. The molecule has 0 amide bonds. The quantitative estimate of drug-likeness (QED) is 0.427. The summed E-state index contributed by atoms with van der Waals surface area (Å²) in [5.41, 5.74) is 0.785. The first-order valence-corrected chi connectivity index (χ1v) is 10.8. The molecule has 2 saturated heterocycles. The zero-order chi connectivity index (χ0) is 24.1. The van der Waals surface area contributed by atoms with Crippen LogP contribution in [0.2, 0.25) is 0 Å². The van der Waals surface area contributed by atoms with E-state index < -0.39 is 11.2 Å². The van der Waals surface area contributed by atoms with Gasteiger partial charge in [-0.2, -0.15) is 0 Å². The Morgan fingerprint density at radius 1 is 0.621 bits per heavy atom. The molecule has 2 aliphatic rings. The number of hydrogen-bond donors (Lipinski definition) is 2. The molecule has 0 aromatic heterocycles. The fraction of sp³-hybridized carbons (Fsp3) is 0.920. The highest BCUT2D eigenvalue weighted by Crippen LogP contribution is 2.57. The molecule has 2 N–H and O–H groups in total. The smallest absolute Gasteiger partial charge is 0.123 e. The van der Waals surface area contributed by atoms with Gasteiger partial charge in [-0.25, -0.2) is 0 Å². The van der Waals surface area contributed by atoms with Crippen LogP contribution in [0.1, 0.15) is 111 Å². The van der Waals surface area contributed by atoms with E-state index in [1.54, 1.807) is 27.7 Å². The van der Waals surface area contributed by atoms with Gasteiger partial charge in [0.2, 0.25) is 0 Å². The molecular formula is C25H50O4. The van der Waals surface area contributed by atoms with Crippen molar-refractivity contribution < 1.29 is 19.7 Å². The van der Waals surface area contributed by atoms with Gasteiger partial charge < -0.3 is 19.7 Å². The number of hydrogen-bond acceptors (Lipinski definition) is 4. The van der Waals surface area contributed by atoms with Crippen molar-refractivity contribution in [3.05, 3.63) is 11.1 Å². The summed E-state index contributed by atoms with van der Waals surface area (Å²) in [5.74, 6) is 0. The van der Waals surface area contributed by atoms with Gasteiger partial charge in [0.1, 0.15) is 5.60 Å². The SMILES string of the molecule is CC(C)(C)[C@@]1(C)OC1(C)C.CC(C)(O)[C@@]1(C)OC1(C)C.CC(C)=C(C)C(C)(C)O. The van der Waals surface area contributed by atoms with Crippen LogP contribution in [-0.4, -0.2) is 43.8 Å². The molecule has 0 spiro atoms. The third-order valence-corrected chi connectivity index (χ3v) is 7.40. The van der Waals surface area contributed by atoms with E-state index in [1.807, 2.05) is 41.5 Å². The zero-order valence-corrected chi connectivity index (χ0v) is 22.2. The van der Waals surface area contributed by atoms with Gasteiger partial charge in [-0.15, -0.1) is 0 Å². The van der Waals surface area contributed by atoms with Crippen molar-refractivity contribution in [3.63, 3.8) is 0 Å². The number of rotatable bonds is 2. The fourth-order valence-electron chi connectivity index (χ4n) is 3.50. The van der Waals surface area contributed by atoms with Crippen LogP contribution in [0, 0.1) is 5.41 Å². The maximum absolute atomic E-state index is 9.63. The molecule has 4 heteroatoms. The second-order valence-corrected chi connectivity index (χ2v) is 12.3. The maximum Gasteiger partial charge on any atom is 0.123 e. The van der Waals surface area contributed by atoms with E-state index in [2.05, 4.69) is 41.5 Å². The Morgan fingerprint density at radius 3 is 0.897 bits per heavy atom. The number of allylic oxidation sites excluding steroid dienone is 1. The van der Waals surface area contributed by atoms with E-state index in [0.717, 1.165) is 5.57 Å². The molecular weight excluding hydrogens is 364 g/mol. The molecule has 2 atom stereocenters. The molecule has 2 rings (SSSR count). The molecule has 0 radical (unpaired) electrons. The molecule has 2 aliphatic heterocycles. The third-order valence-electron chi connectivity index (χ3n) is 7.40. The molecule has 174 valence electrons. The Hall–Kier alpha value is -0.420. The Labute approximate surface area is 181 Å². The van der Waals surface area contributed by atoms with Gasteiger partial charge in [-0.3, -0.25) is 0 Å². The minimum Gasteiger partial charge on any atom is -0.387 e. The summed E-state index contributed by atoms with van der Waals surface area (Å²) >= 11 is 0. The minimum absolute atomic E-state index is 0.0833. The first kappa shape index (κ1) is 28.6. The van der Waals surface area contributed by atoms with Crippen LogP contribution < -0.4 is 0 Å². The van der Waals surface area contributed by atoms with Crippen molar-refractivity contribution in [1.82, 2.24) is 0 Å². The first-order valence-electron chi connectivity index (χ1n) is 10.8. The van der Waals surface area contributed by atoms with Gasteiger partial charge >= 0.3 is 0 Å². The average molecular weight is 415 g/mol. The molecule has 29 heavy (non-hydrogen) atoms. The van der Waals surface area contributed by atoms with Crippen LogP contribution in [-0.2, 0) is 9.47 Å². The second kappa shape index (κ2) is 7.93. The van der Waals surface area contributed by atoms with Crippen LogP contribution in [0.4, 0.5) is 0 Å². The van der Waals surface area contributed by atoms with E-state index in [1.165, 1.54) is 5.57 Å². The normalized spacial score (nSPS) is 29.6.